The van der Waals surface area contributed by atoms with Gasteiger partial charge >= 0.3 is 214 Å². The SMILES string of the molecule is CC(CC(F)(F)C(F)(F)C(F)(F)C(F)(F)C(F)(F)C(F)(F)C(F)(F)C(F)(F)C(F)(F)C(F)(F)C(F)(F)C(F)(F)C(F)(F)C(F)(F)C(F)(F)C(F)(F)C(F)(F)F)OC(=O)c1ccccc1C(=O)OC(C)CC(F)(F)C(F)(F)C(F)(F)C(F)(F)C(F)(F)C(F)(F)C(F)(F)C(F)(F)C(F)(F)C(F)(F)C(F)(F)C(F)(F)C(F)(F)C(F)(F)C(F)(F)C(F)(F)C(F)(F)F. The Hall–Kier alpha value is -6.74. The minimum Gasteiger partial charge on any atom is -0.459 e. The van der Waals surface area contributed by atoms with Crippen LogP contribution in [0.15, 0.2) is 24.3 Å². The summed E-state index contributed by atoms with van der Waals surface area (Å²) in [6.07, 6.45) is -33.6. The second-order valence-electron chi connectivity index (χ2n) is 24.0. The molecule has 0 saturated carbocycles. The van der Waals surface area contributed by atoms with Gasteiger partial charge in [-0.1, -0.05) is 12.1 Å². The molecular formula is C48H16F70O4. The summed E-state index contributed by atoms with van der Waals surface area (Å²) in [4.78, 5) is 25.5. The van der Waals surface area contributed by atoms with E-state index in [-0.39, 0.29) is 24.3 Å². The highest BCUT2D eigenvalue weighted by Crippen LogP contribution is 2.75. The number of carbonyl (C=O) groups is 2. The Morgan fingerprint density at radius 1 is 0.189 bits per heavy atom. The lowest BCUT2D eigenvalue weighted by Gasteiger charge is -2.47. The number of esters is 2. The molecule has 0 aliphatic rings. The molecule has 2 unspecified atom stereocenters. The lowest BCUT2D eigenvalue weighted by atomic mass is 9.82. The molecule has 1 aromatic rings. The van der Waals surface area contributed by atoms with Crippen molar-refractivity contribution in [2.45, 2.75) is 241 Å². The smallest absolute Gasteiger partial charge is 0.459 e. The van der Waals surface area contributed by atoms with E-state index in [0.717, 1.165) is 0 Å². The Bertz CT molecular complexity index is 3660. The largest absolute Gasteiger partial charge is 0.460 e. The van der Waals surface area contributed by atoms with Gasteiger partial charge in [-0.2, -0.15) is 307 Å². The van der Waals surface area contributed by atoms with E-state index in [9.17, 15) is 317 Å². The van der Waals surface area contributed by atoms with Gasteiger partial charge in [0, 0.05) is 0 Å². The van der Waals surface area contributed by atoms with Crippen LogP contribution in [0.3, 0.4) is 0 Å². The second-order valence-corrected chi connectivity index (χ2v) is 24.0. The van der Waals surface area contributed by atoms with Crippen LogP contribution in [-0.4, -0.2) is 226 Å². The van der Waals surface area contributed by atoms with Gasteiger partial charge in [0.15, 0.2) is 0 Å². The normalized spacial score (nSPS) is 17.2. The number of hydrogen-bond acceptors (Lipinski definition) is 4. The van der Waals surface area contributed by atoms with Crippen molar-refractivity contribution in [3.63, 3.8) is 0 Å². The summed E-state index contributed by atoms with van der Waals surface area (Å²) in [5.74, 6) is -328. The fourth-order valence-corrected chi connectivity index (χ4v) is 8.34. The van der Waals surface area contributed by atoms with Crippen LogP contribution in [0.1, 0.15) is 47.4 Å². The van der Waals surface area contributed by atoms with Crippen molar-refractivity contribution < 1.29 is 326 Å². The van der Waals surface area contributed by atoms with Gasteiger partial charge in [0.1, 0.15) is 12.2 Å². The van der Waals surface area contributed by atoms with Gasteiger partial charge in [-0.05, 0) is 26.0 Å². The van der Waals surface area contributed by atoms with Crippen LogP contribution in [-0.2, 0) is 9.47 Å². The first kappa shape index (κ1) is 113. The van der Waals surface area contributed by atoms with Gasteiger partial charge < -0.3 is 9.47 Å². The average molecular weight is 1990 g/mol. The summed E-state index contributed by atoms with van der Waals surface area (Å²) in [5, 5.41) is 0. The third-order valence-corrected chi connectivity index (χ3v) is 15.7. The number of halogens is 70. The second kappa shape index (κ2) is 29.4. The van der Waals surface area contributed by atoms with Crippen molar-refractivity contribution in [1.82, 2.24) is 0 Å². The number of ether oxygens (including phenoxy) is 2. The fraction of sp³-hybridized carbons (Fsp3) is 0.833. The van der Waals surface area contributed by atoms with E-state index in [1.54, 1.807) is 0 Å². The lowest BCUT2D eigenvalue weighted by Crippen LogP contribution is -2.80. The third kappa shape index (κ3) is 14.1. The van der Waals surface area contributed by atoms with Crippen molar-refractivity contribution >= 4 is 11.9 Å². The van der Waals surface area contributed by atoms with Gasteiger partial charge in [0.25, 0.3) is 0 Å². The van der Waals surface area contributed by atoms with Gasteiger partial charge in [-0.25, -0.2) is 9.59 Å². The molecule has 74 heteroatoms. The van der Waals surface area contributed by atoms with Crippen molar-refractivity contribution in [2.24, 2.45) is 0 Å². The molecule has 0 aliphatic heterocycles. The zero-order valence-corrected chi connectivity index (χ0v) is 54.0. The number of benzene rings is 1. The highest BCUT2D eigenvalue weighted by molar-refractivity contribution is 6.03. The summed E-state index contributed by atoms with van der Waals surface area (Å²) in [6.45, 7) is -1.41. The van der Waals surface area contributed by atoms with E-state index < -0.39 is 264 Å². The maximum Gasteiger partial charge on any atom is 0.460 e. The predicted molar refractivity (Wildman–Crippen MR) is 236 cm³/mol. The Balaban J connectivity index is 3.89. The molecule has 1 rings (SSSR count). The van der Waals surface area contributed by atoms with E-state index >= 15 is 0 Å². The monoisotopic (exact) mass is 1990 g/mol. The van der Waals surface area contributed by atoms with Gasteiger partial charge in [-0.3, -0.25) is 0 Å². The van der Waals surface area contributed by atoms with E-state index in [2.05, 4.69) is 9.47 Å². The quantitative estimate of drug-likeness (QED) is 0.0489. The summed E-state index contributed by atoms with van der Waals surface area (Å²) in [6, 6.07) is -0.543. The Labute approximate surface area is 615 Å². The van der Waals surface area contributed by atoms with Gasteiger partial charge in [0.05, 0.1) is 24.0 Å². The minimum absolute atomic E-state index is 0.0623. The first-order chi connectivity index (χ1) is 51.8. The van der Waals surface area contributed by atoms with E-state index in [1.807, 2.05) is 0 Å². The van der Waals surface area contributed by atoms with Crippen LogP contribution in [0.5, 0.6) is 0 Å². The standard InChI is InChI=1S/C48H16F70O4/c1-9(7-15(49,50)17(53,54)19(57,58)21(61,62)23(65,66)25(69,70)27(73,74)29(77,78)31(81,82)33(85,86)35(89,90)37(93,94)39(97,98)41(101,102)43(105,106)45(109,110)47(113,114)115)121-13(119)11-5-3-4-6-12(11)14(120)122-10(2)8-16(51,52)18(55,56)20(59,60)22(63,64)24(67,68)26(71,72)28(75,76)30(79,80)32(83,84)34(87,88)36(91,92)38(95,96)40(99,100)42(103,104)44(107,108)46(111,112)48(116,117)118/h3-6,9-10H,7-8H2,1-2H3. The maximum atomic E-state index is 14.9. The van der Waals surface area contributed by atoms with Gasteiger partial charge in [0.2, 0.25) is 0 Å². The summed E-state index contributed by atoms with van der Waals surface area (Å²) < 4.78 is 991. The molecule has 0 fully saturated rings. The molecule has 2 atom stereocenters. The zero-order valence-electron chi connectivity index (χ0n) is 54.0. The number of carbonyl (C=O) groups excluding carboxylic acids is 2. The first-order valence-electron chi connectivity index (χ1n) is 27.5. The topological polar surface area (TPSA) is 52.6 Å². The summed E-state index contributed by atoms with van der Waals surface area (Å²) in [7, 11) is 0. The molecule has 0 spiro atoms. The van der Waals surface area contributed by atoms with E-state index in [1.165, 1.54) is 0 Å². The van der Waals surface area contributed by atoms with Crippen molar-refractivity contribution in [3.05, 3.63) is 35.4 Å². The Morgan fingerprint density at radius 2 is 0.287 bits per heavy atom. The molecule has 4 nitrogen and oxygen atoms in total. The summed E-state index contributed by atoms with van der Waals surface area (Å²) in [5.41, 5.74) is -4.46. The number of hydrogen-bond donors (Lipinski definition) is 0. The molecule has 0 N–H and O–H groups in total. The molecule has 0 aliphatic carbocycles. The van der Waals surface area contributed by atoms with E-state index in [4.69, 9.17) is 0 Å². The number of alkyl halides is 70. The molecule has 0 aromatic heterocycles. The van der Waals surface area contributed by atoms with Crippen molar-refractivity contribution in [3.8, 4) is 0 Å². The van der Waals surface area contributed by atoms with Crippen LogP contribution in [0, 0.1) is 0 Å². The van der Waals surface area contributed by atoms with Crippen LogP contribution < -0.4 is 0 Å². The molecule has 122 heavy (non-hydrogen) atoms. The molecule has 0 bridgehead atoms. The molecule has 722 valence electrons. The molecule has 0 radical (unpaired) electrons. The molecular weight excluding hydrogens is 1970 g/mol. The highest BCUT2D eigenvalue weighted by atomic mass is 19.5. The zero-order chi connectivity index (χ0) is 100. The van der Waals surface area contributed by atoms with Crippen LogP contribution in [0.4, 0.5) is 307 Å². The molecule has 0 amide bonds. The predicted octanol–water partition coefficient (Wildman–Crippen LogP) is 25.0. The average Bonchev–Trinajstić information content (AvgIpc) is 0.678. The molecule has 0 saturated heterocycles. The number of rotatable bonds is 38. The molecule has 1 aromatic carbocycles. The van der Waals surface area contributed by atoms with Crippen LogP contribution >= 0.6 is 0 Å². The highest BCUT2D eigenvalue weighted by Gasteiger charge is 3.06. The maximum absolute atomic E-state index is 14.9. The van der Waals surface area contributed by atoms with Crippen molar-refractivity contribution in [1.29, 1.82) is 0 Å². The van der Waals surface area contributed by atoms with Crippen LogP contribution in [0.25, 0.3) is 0 Å². The van der Waals surface area contributed by atoms with E-state index in [0.29, 0.717) is 0 Å². The minimum atomic E-state index is -10.7. The summed E-state index contributed by atoms with van der Waals surface area (Å²) >= 11 is 0. The third-order valence-electron chi connectivity index (χ3n) is 15.7. The fourth-order valence-electron chi connectivity index (χ4n) is 8.34. The van der Waals surface area contributed by atoms with Crippen LogP contribution in [0.2, 0.25) is 0 Å². The molecule has 0 heterocycles. The Morgan fingerprint density at radius 3 is 0.393 bits per heavy atom. The first-order valence-corrected chi connectivity index (χ1v) is 27.5. The van der Waals surface area contributed by atoms with Gasteiger partial charge in [-0.15, -0.1) is 0 Å². The van der Waals surface area contributed by atoms with Crippen molar-refractivity contribution in [2.75, 3.05) is 0 Å². The Kier molecular flexibility index (Phi) is 27.3. The lowest BCUT2D eigenvalue weighted by molar-refractivity contribution is -0.492.